The van der Waals surface area contributed by atoms with Gasteiger partial charge in [0.1, 0.15) is 5.69 Å². The van der Waals surface area contributed by atoms with Crippen LogP contribution in [-0.2, 0) is 19.7 Å². The monoisotopic (exact) mass is 287 g/mol. The van der Waals surface area contributed by atoms with E-state index in [-0.39, 0.29) is 12.5 Å². The summed E-state index contributed by atoms with van der Waals surface area (Å²) < 4.78 is 1.87. The number of amides is 1. The van der Waals surface area contributed by atoms with E-state index in [2.05, 4.69) is 12.2 Å². The summed E-state index contributed by atoms with van der Waals surface area (Å²) in [7, 11) is 0. The molecule has 1 amide bonds. The molecule has 0 spiro atoms. The zero-order chi connectivity index (χ0) is 15.2. The number of nitrogens with two attached hydrogens (primary N) is 1. The zero-order valence-electron chi connectivity index (χ0n) is 12.2. The van der Waals surface area contributed by atoms with E-state index in [1.807, 2.05) is 28.8 Å². The van der Waals surface area contributed by atoms with Gasteiger partial charge in [0, 0.05) is 19.3 Å². The predicted molar refractivity (Wildman–Crippen MR) is 82.7 cm³/mol. The summed E-state index contributed by atoms with van der Waals surface area (Å²) in [6.07, 6.45) is 2.72. The number of carbonyl (C=O) groups excluding carboxylic acids is 1. The highest BCUT2D eigenvalue weighted by Crippen LogP contribution is 2.12. The lowest BCUT2D eigenvalue weighted by Crippen LogP contribution is -2.25. The highest BCUT2D eigenvalue weighted by molar-refractivity contribution is 5.93. The van der Waals surface area contributed by atoms with E-state index in [0.29, 0.717) is 17.9 Å². The van der Waals surface area contributed by atoms with Crippen LogP contribution >= 0.6 is 0 Å². The van der Waals surface area contributed by atoms with Gasteiger partial charge in [0.25, 0.3) is 5.91 Å². The Morgan fingerprint density at radius 2 is 2.10 bits per heavy atom. The number of nitrogens with zero attached hydrogens (tertiary/aromatic N) is 1. The molecule has 0 saturated heterocycles. The molecular formula is C16H21N3O2. The van der Waals surface area contributed by atoms with Gasteiger partial charge in [0.2, 0.25) is 0 Å². The average Bonchev–Trinajstić information content (AvgIpc) is 2.86. The van der Waals surface area contributed by atoms with Gasteiger partial charge in [-0.15, -0.1) is 0 Å². The van der Waals surface area contributed by atoms with Gasteiger partial charge < -0.3 is 20.7 Å². The fourth-order valence-electron chi connectivity index (χ4n) is 2.26. The lowest BCUT2D eigenvalue weighted by Gasteiger charge is -2.09. The van der Waals surface area contributed by atoms with E-state index >= 15 is 0 Å². The number of aliphatic hydroxyl groups excluding tert-OH is 1. The maximum atomic E-state index is 12.2. The van der Waals surface area contributed by atoms with Crippen LogP contribution < -0.4 is 11.1 Å². The minimum atomic E-state index is -0.144. The van der Waals surface area contributed by atoms with E-state index < -0.39 is 0 Å². The van der Waals surface area contributed by atoms with Crippen molar-refractivity contribution in [2.24, 2.45) is 0 Å². The van der Waals surface area contributed by atoms with E-state index in [4.69, 9.17) is 10.8 Å². The SMILES string of the molecule is CCCn1cc(N)cc1C(=O)NCc1cccc(CO)c1. The molecule has 0 atom stereocenters. The van der Waals surface area contributed by atoms with E-state index in [1.54, 1.807) is 12.3 Å². The van der Waals surface area contributed by atoms with E-state index in [1.165, 1.54) is 0 Å². The van der Waals surface area contributed by atoms with Crippen molar-refractivity contribution >= 4 is 11.6 Å². The topological polar surface area (TPSA) is 80.3 Å². The molecule has 0 bridgehead atoms. The first-order chi connectivity index (χ1) is 10.1. The molecule has 0 fully saturated rings. The first-order valence-electron chi connectivity index (χ1n) is 7.06. The molecule has 0 aliphatic carbocycles. The summed E-state index contributed by atoms with van der Waals surface area (Å²) in [4.78, 5) is 12.2. The van der Waals surface area contributed by atoms with Crippen LogP contribution in [0.3, 0.4) is 0 Å². The smallest absolute Gasteiger partial charge is 0.268 e. The minimum absolute atomic E-state index is 0.00231. The third-order valence-corrected chi connectivity index (χ3v) is 3.24. The number of carbonyl (C=O) groups is 1. The molecule has 0 saturated carbocycles. The molecule has 0 radical (unpaired) electrons. The van der Waals surface area contributed by atoms with Gasteiger partial charge in [-0.1, -0.05) is 31.2 Å². The van der Waals surface area contributed by atoms with Gasteiger partial charge in [-0.25, -0.2) is 0 Å². The quantitative estimate of drug-likeness (QED) is 0.759. The Labute approximate surface area is 124 Å². The fourth-order valence-corrected chi connectivity index (χ4v) is 2.26. The number of aryl methyl sites for hydroxylation is 1. The number of nitrogens with one attached hydrogen (secondary N) is 1. The molecular weight excluding hydrogens is 266 g/mol. The third kappa shape index (κ3) is 3.86. The Morgan fingerprint density at radius 1 is 1.33 bits per heavy atom. The molecule has 112 valence electrons. The summed E-state index contributed by atoms with van der Waals surface area (Å²) >= 11 is 0. The summed E-state index contributed by atoms with van der Waals surface area (Å²) in [6, 6.07) is 9.19. The van der Waals surface area contributed by atoms with Crippen LogP contribution in [0.15, 0.2) is 36.5 Å². The largest absolute Gasteiger partial charge is 0.397 e. The molecule has 5 heteroatoms. The summed E-state index contributed by atoms with van der Waals surface area (Å²) in [6.45, 7) is 3.24. The standard InChI is InChI=1S/C16H21N3O2/c1-2-6-19-10-14(17)8-15(19)16(21)18-9-12-4-3-5-13(7-12)11-20/h3-5,7-8,10,20H,2,6,9,11,17H2,1H3,(H,18,21). The van der Waals surface area contributed by atoms with Gasteiger partial charge in [0.05, 0.1) is 12.3 Å². The van der Waals surface area contributed by atoms with Gasteiger partial charge in [-0.2, -0.15) is 0 Å². The predicted octanol–water partition coefficient (Wildman–Crippen LogP) is 1.90. The third-order valence-electron chi connectivity index (χ3n) is 3.24. The van der Waals surface area contributed by atoms with Crippen molar-refractivity contribution in [3.05, 3.63) is 53.3 Å². The number of hydrogen-bond acceptors (Lipinski definition) is 3. The molecule has 1 aromatic carbocycles. The Kier molecular flexibility index (Phi) is 5.00. The zero-order valence-corrected chi connectivity index (χ0v) is 12.2. The summed E-state index contributed by atoms with van der Waals surface area (Å²) in [5, 5.41) is 12.0. The minimum Gasteiger partial charge on any atom is -0.397 e. The molecule has 1 aromatic heterocycles. The number of aromatic nitrogens is 1. The summed E-state index contributed by atoms with van der Waals surface area (Å²) in [5.41, 5.74) is 8.72. The second-order valence-electron chi connectivity index (χ2n) is 5.01. The first kappa shape index (κ1) is 15.1. The second-order valence-corrected chi connectivity index (χ2v) is 5.01. The molecule has 1 heterocycles. The van der Waals surface area contributed by atoms with Crippen LogP contribution in [-0.4, -0.2) is 15.6 Å². The number of anilines is 1. The fraction of sp³-hybridized carbons (Fsp3) is 0.312. The number of nitrogen functional groups attached to an aromatic ring is 1. The van der Waals surface area contributed by atoms with Gasteiger partial charge in [-0.05, 0) is 23.6 Å². The Balaban J connectivity index is 2.04. The Hall–Kier alpha value is -2.27. The molecule has 0 aliphatic heterocycles. The van der Waals surface area contributed by atoms with Crippen molar-refractivity contribution in [3.8, 4) is 0 Å². The molecule has 4 N–H and O–H groups in total. The van der Waals surface area contributed by atoms with Crippen LogP contribution in [0.5, 0.6) is 0 Å². The lowest BCUT2D eigenvalue weighted by molar-refractivity contribution is 0.0941. The van der Waals surface area contributed by atoms with Gasteiger partial charge in [0.15, 0.2) is 0 Å². The van der Waals surface area contributed by atoms with Crippen molar-refractivity contribution in [3.63, 3.8) is 0 Å². The van der Waals surface area contributed by atoms with E-state index in [0.717, 1.165) is 24.1 Å². The molecule has 0 aliphatic rings. The van der Waals surface area contributed by atoms with Crippen molar-refractivity contribution < 1.29 is 9.90 Å². The normalized spacial score (nSPS) is 10.6. The number of rotatable bonds is 6. The molecule has 2 aromatic rings. The van der Waals surface area contributed by atoms with Crippen molar-refractivity contribution in [2.45, 2.75) is 33.0 Å². The van der Waals surface area contributed by atoms with Crippen LogP contribution in [0.2, 0.25) is 0 Å². The number of hydrogen-bond donors (Lipinski definition) is 3. The lowest BCUT2D eigenvalue weighted by atomic mass is 10.1. The molecule has 5 nitrogen and oxygen atoms in total. The maximum absolute atomic E-state index is 12.2. The maximum Gasteiger partial charge on any atom is 0.268 e. The first-order valence-corrected chi connectivity index (χ1v) is 7.06. The molecule has 0 unspecified atom stereocenters. The Morgan fingerprint density at radius 3 is 2.81 bits per heavy atom. The highest BCUT2D eigenvalue weighted by atomic mass is 16.3. The van der Waals surface area contributed by atoms with Gasteiger partial charge in [-0.3, -0.25) is 4.79 Å². The highest BCUT2D eigenvalue weighted by Gasteiger charge is 2.12. The van der Waals surface area contributed by atoms with Crippen LogP contribution in [0.25, 0.3) is 0 Å². The van der Waals surface area contributed by atoms with Crippen LogP contribution in [0, 0.1) is 0 Å². The van der Waals surface area contributed by atoms with Crippen molar-refractivity contribution in [2.75, 3.05) is 5.73 Å². The number of benzene rings is 1. The van der Waals surface area contributed by atoms with Crippen molar-refractivity contribution in [1.82, 2.24) is 9.88 Å². The Bertz CT molecular complexity index is 620. The molecule has 21 heavy (non-hydrogen) atoms. The number of aliphatic hydroxyl groups is 1. The van der Waals surface area contributed by atoms with Crippen LogP contribution in [0.1, 0.15) is 35.0 Å². The van der Waals surface area contributed by atoms with Crippen LogP contribution in [0.4, 0.5) is 5.69 Å². The van der Waals surface area contributed by atoms with Crippen molar-refractivity contribution in [1.29, 1.82) is 0 Å². The second kappa shape index (κ2) is 6.95. The van der Waals surface area contributed by atoms with E-state index in [9.17, 15) is 4.79 Å². The molecule has 2 rings (SSSR count). The average molecular weight is 287 g/mol. The van der Waals surface area contributed by atoms with Gasteiger partial charge >= 0.3 is 0 Å². The summed E-state index contributed by atoms with van der Waals surface area (Å²) in [5.74, 6) is -0.144.